The Kier molecular flexibility index (Phi) is 5.22. The van der Waals surface area contributed by atoms with Gasteiger partial charge in [0.25, 0.3) is 0 Å². The van der Waals surface area contributed by atoms with Gasteiger partial charge < -0.3 is 10.3 Å². The zero-order valence-corrected chi connectivity index (χ0v) is 20.4. The lowest BCUT2D eigenvalue weighted by atomic mass is 9.95. The van der Waals surface area contributed by atoms with Crippen LogP contribution in [0.2, 0.25) is 0 Å². The van der Waals surface area contributed by atoms with Crippen molar-refractivity contribution in [2.24, 2.45) is 5.41 Å². The Morgan fingerprint density at radius 1 is 0.865 bits per heavy atom. The summed E-state index contributed by atoms with van der Waals surface area (Å²) >= 11 is 0. The molecule has 6 rings (SSSR count). The molecule has 6 aromatic heterocycles. The fourth-order valence-electron chi connectivity index (χ4n) is 3.93. The van der Waals surface area contributed by atoms with Crippen molar-refractivity contribution < 1.29 is 4.79 Å². The molecule has 0 aliphatic rings. The van der Waals surface area contributed by atoms with E-state index in [1.807, 2.05) is 63.2 Å². The van der Waals surface area contributed by atoms with Gasteiger partial charge in [0.05, 0.1) is 34.3 Å². The lowest BCUT2D eigenvalue weighted by molar-refractivity contribution is -0.123. The molecule has 10 heteroatoms. The number of nitrogens with zero attached hydrogens (tertiary/aromatic N) is 6. The van der Waals surface area contributed by atoms with Crippen LogP contribution in [0.25, 0.3) is 56.2 Å². The largest absolute Gasteiger partial charge is 0.336 e. The molecule has 0 atom stereocenters. The van der Waals surface area contributed by atoms with Gasteiger partial charge in [0.2, 0.25) is 5.91 Å². The summed E-state index contributed by atoms with van der Waals surface area (Å²) in [5, 5.41) is 10.5. The van der Waals surface area contributed by atoms with Crippen molar-refractivity contribution in [2.45, 2.75) is 20.8 Å². The number of carbonyl (C=O) groups excluding carboxylic acids is 1. The number of hydrogen-bond donors (Lipinski definition) is 3. The molecule has 6 aromatic rings. The maximum absolute atomic E-state index is 12.4. The highest BCUT2D eigenvalue weighted by atomic mass is 16.2. The molecule has 0 saturated carbocycles. The summed E-state index contributed by atoms with van der Waals surface area (Å²) in [5.41, 5.74) is 6.54. The average Bonchev–Trinajstić information content (AvgIpc) is 3.52. The second kappa shape index (κ2) is 8.59. The van der Waals surface area contributed by atoms with Gasteiger partial charge in [-0.3, -0.25) is 24.8 Å². The van der Waals surface area contributed by atoms with Crippen LogP contribution in [0.3, 0.4) is 0 Å². The molecular formula is C27H23N9O. The van der Waals surface area contributed by atoms with Gasteiger partial charge in [0, 0.05) is 29.6 Å². The van der Waals surface area contributed by atoms with Gasteiger partial charge in [-0.2, -0.15) is 5.10 Å². The third kappa shape index (κ3) is 4.18. The summed E-state index contributed by atoms with van der Waals surface area (Å²) in [6.45, 7) is 5.59. The molecule has 37 heavy (non-hydrogen) atoms. The highest BCUT2D eigenvalue weighted by molar-refractivity contribution is 5.96. The van der Waals surface area contributed by atoms with Crippen molar-refractivity contribution in [1.29, 1.82) is 0 Å². The maximum Gasteiger partial charge on any atom is 0.229 e. The van der Waals surface area contributed by atoms with Crippen LogP contribution in [0.4, 0.5) is 5.69 Å². The van der Waals surface area contributed by atoms with E-state index >= 15 is 0 Å². The summed E-state index contributed by atoms with van der Waals surface area (Å²) in [5.74, 6) is 0.483. The van der Waals surface area contributed by atoms with E-state index in [1.54, 1.807) is 24.8 Å². The minimum absolute atomic E-state index is 0.0866. The standard InChI is InChI=1S/C27H23N9O/c1-27(2,3)26(37)31-16-12-15(13-28-14-16)17-7-8-20-23(32-17)24(36-35-20)25-33-19-9-11-30-21(22(19)34-25)18-6-4-5-10-29-18/h4-14H,1-3H3,(H,31,37)(H,33,34)(H,35,36). The summed E-state index contributed by atoms with van der Waals surface area (Å²) in [6, 6.07) is 13.2. The molecule has 0 aliphatic heterocycles. The van der Waals surface area contributed by atoms with E-state index in [9.17, 15) is 4.79 Å². The van der Waals surface area contributed by atoms with Crippen LogP contribution in [-0.4, -0.2) is 46.0 Å². The van der Waals surface area contributed by atoms with Crippen LogP contribution in [0.15, 0.2) is 67.3 Å². The maximum atomic E-state index is 12.4. The molecular weight excluding hydrogens is 466 g/mol. The van der Waals surface area contributed by atoms with Crippen LogP contribution in [0.1, 0.15) is 20.8 Å². The molecule has 0 fully saturated rings. The van der Waals surface area contributed by atoms with Gasteiger partial charge in [0.15, 0.2) is 11.5 Å². The van der Waals surface area contributed by atoms with Gasteiger partial charge in [-0.15, -0.1) is 0 Å². The summed E-state index contributed by atoms with van der Waals surface area (Å²) in [7, 11) is 0. The highest BCUT2D eigenvalue weighted by Crippen LogP contribution is 2.30. The number of rotatable bonds is 4. The molecule has 0 bridgehead atoms. The number of nitrogens with one attached hydrogen (secondary N) is 3. The Hall–Kier alpha value is -4.99. The van der Waals surface area contributed by atoms with E-state index in [-0.39, 0.29) is 5.91 Å². The minimum Gasteiger partial charge on any atom is -0.336 e. The molecule has 0 spiro atoms. The van der Waals surface area contributed by atoms with Gasteiger partial charge >= 0.3 is 0 Å². The fourth-order valence-corrected chi connectivity index (χ4v) is 3.93. The fraction of sp³-hybridized carbons (Fsp3) is 0.148. The number of anilines is 1. The first-order chi connectivity index (χ1) is 17.9. The summed E-state index contributed by atoms with van der Waals surface area (Å²) in [6.07, 6.45) is 6.80. The number of fused-ring (bicyclic) bond motifs is 2. The molecule has 6 heterocycles. The Bertz CT molecular complexity index is 1760. The molecule has 0 unspecified atom stereocenters. The zero-order valence-electron chi connectivity index (χ0n) is 20.4. The topological polar surface area (TPSA) is 138 Å². The van der Waals surface area contributed by atoms with Crippen molar-refractivity contribution in [3.8, 4) is 34.2 Å². The molecule has 182 valence electrons. The van der Waals surface area contributed by atoms with E-state index in [0.29, 0.717) is 39.6 Å². The number of pyridine rings is 4. The molecule has 0 aromatic carbocycles. The predicted molar refractivity (Wildman–Crippen MR) is 141 cm³/mol. The third-order valence-corrected chi connectivity index (χ3v) is 5.91. The van der Waals surface area contributed by atoms with E-state index in [2.05, 4.69) is 35.5 Å². The van der Waals surface area contributed by atoms with Crippen LogP contribution in [0, 0.1) is 5.41 Å². The monoisotopic (exact) mass is 489 g/mol. The van der Waals surface area contributed by atoms with Crippen molar-refractivity contribution in [3.63, 3.8) is 0 Å². The number of hydrogen-bond acceptors (Lipinski definition) is 7. The number of amides is 1. The van der Waals surface area contributed by atoms with Crippen LogP contribution >= 0.6 is 0 Å². The third-order valence-electron chi connectivity index (χ3n) is 5.91. The first kappa shape index (κ1) is 22.5. The lowest BCUT2D eigenvalue weighted by Crippen LogP contribution is -2.27. The van der Waals surface area contributed by atoms with E-state index < -0.39 is 5.41 Å². The average molecular weight is 490 g/mol. The quantitative estimate of drug-likeness (QED) is 0.317. The second-order valence-electron chi connectivity index (χ2n) is 9.69. The Morgan fingerprint density at radius 2 is 1.73 bits per heavy atom. The molecule has 10 nitrogen and oxygen atoms in total. The Morgan fingerprint density at radius 3 is 2.54 bits per heavy atom. The second-order valence-corrected chi connectivity index (χ2v) is 9.69. The molecule has 0 saturated heterocycles. The van der Waals surface area contributed by atoms with E-state index in [0.717, 1.165) is 22.3 Å². The van der Waals surface area contributed by atoms with Crippen LogP contribution < -0.4 is 5.32 Å². The van der Waals surface area contributed by atoms with Gasteiger partial charge in [-0.1, -0.05) is 26.8 Å². The van der Waals surface area contributed by atoms with Crippen molar-refractivity contribution in [1.82, 2.24) is 40.1 Å². The SMILES string of the molecule is CC(C)(C)C(=O)Nc1cncc(-c2ccc3[nH]nc(-c4nc5c(-c6ccccn6)nccc5[nH]4)c3n2)c1. The Balaban J connectivity index is 1.40. The van der Waals surface area contributed by atoms with Gasteiger partial charge in [-0.05, 0) is 36.4 Å². The minimum atomic E-state index is -0.516. The molecule has 1 amide bonds. The number of aromatic nitrogens is 8. The number of carbonyl (C=O) groups is 1. The first-order valence-corrected chi connectivity index (χ1v) is 11.8. The van der Waals surface area contributed by atoms with Crippen molar-refractivity contribution in [3.05, 3.63) is 67.3 Å². The highest BCUT2D eigenvalue weighted by Gasteiger charge is 2.22. The predicted octanol–water partition coefficient (Wildman–Crippen LogP) is 5.00. The number of aromatic amines is 2. The van der Waals surface area contributed by atoms with Crippen molar-refractivity contribution >= 4 is 33.7 Å². The number of imidazole rings is 1. The van der Waals surface area contributed by atoms with Crippen molar-refractivity contribution in [2.75, 3.05) is 5.32 Å². The molecule has 0 aliphatic carbocycles. The van der Waals surface area contributed by atoms with Gasteiger partial charge in [0.1, 0.15) is 16.7 Å². The molecule has 3 N–H and O–H groups in total. The van der Waals surface area contributed by atoms with Gasteiger partial charge in [-0.25, -0.2) is 9.97 Å². The zero-order chi connectivity index (χ0) is 25.6. The van der Waals surface area contributed by atoms with Crippen LogP contribution in [0.5, 0.6) is 0 Å². The summed E-state index contributed by atoms with van der Waals surface area (Å²) < 4.78 is 0. The first-order valence-electron chi connectivity index (χ1n) is 11.8. The lowest BCUT2D eigenvalue weighted by Gasteiger charge is -2.17. The smallest absolute Gasteiger partial charge is 0.229 e. The number of H-pyrrole nitrogens is 2. The van der Waals surface area contributed by atoms with Crippen LogP contribution in [-0.2, 0) is 4.79 Å². The normalized spacial score (nSPS) is 11.8. The van der Waals surface area contributed by atoms with E-state index in [1.165, 1.54) is 0 Å². The Labute approximate surface area is 211 Å². The summed E-state index contributed by atoms with van der Waals surface area (Å²) in [4.78, 5) is 38.7. The molecule has 0 radical (unpaired) electrons. The van der Waals surface area contributed by atoms with E-state index in [4.69, 9.17) is 9.97 Å².